The Balaban J connectivity index is 1.22. The first-order chi connectivity index (χ1) is 36.8. The molecular formula is C48H28O30. The zero-order valence-electron chi connectivity index (χ0n) is 37.8. The van der Waals surface area contributed by atoms with Gasteiger partial charge in [0.1, 0.15) is 12.7 Å². The molecular weight excluding hydrogens is 1060 g/mol. The fourth-order valence-electron chi connectivity index (χ4n) is 9.72. The number of hydrogen-bond donors (Lipinski definition) is 17. The third-order valence-electron chi connectivity index (χ3n) is 13.2. The topological polar surface area (TPSA) is 519 Å². The first-order valence-electron chi connectivity index (χ1n) is 21.7. The van der Waals surface area contributed by atoms with Crippen LogP contribution < -0.4 is 11.3 Å². The summed E-state index contributed by atoms with van der Waals surface area (Å²) in [4.78, 5) is 86.6. The number of carbonyl (C=O) groups excluding carboxylic acids is 4. The number of benzene rings is 6. The standard InChI is InChI=1S/C48H28O30/c49-10-1-6-17(31(59)27(10)55)19-23-21-22-24(47(70)76-38(21)35(63)33(19)61)20(34(62)36(64)39(22)75-46(23)69)18-9(4-13(52)28(56)32(18)60)43(66)74-37-14(5-72-42(6)65)73-48(71)41-40(37)77-44(67)7-2-11(50)25(53)29(57)15(7)16-8(45(68)78-41)3-12(51)26(54)30(16)58/h1-4,14,37,40-41,48-64,71H,5H2/t14?,37-,40-,41?,48?/m1/s1. The number of ether oxygens (including phenoxy) is 5. The van der Waals surface area contributed by atoms with Crippen molar-refractivity contribution in [2.45, 2.75) is 30.7 Å². The van der Waals surface area contributed by atoms with E-state index in [-0.39, 0.29) is 0 Å². The van der Waals surface area contributed by atoms with Gasteiger partial charge in [-0.2, -0.15) is 0 Å². The maximum Gasteiger partial charge on any atom is 0.345 e. The van der Waals surface area contributed by atoms with Gasteiger partial charge in [0.05, 0.1) is 33.0 Å². The highest BCUT2D eigenvalue weighted by molar-refractivity contribution is 6.29. The second kappa shape index (κ2) is 16.4. The minimum absolute atomic E-state index is 0.293. The van der Waals surface area contributed by atoms with Crippen molar-refractivity contribution in [2.75, 3.05) is 6.61 Å². The molecule has 0 amide bonds. The zero-order chi connectivity index (χ0) is 56.3. The molecule has 8 aromatic rings. The summed E-state index contributed by atoms with van der Waals surface area (Å²) in [5, 5.41) is 185. The molecule has 0 spiro atoms. The van der Waals surface area contributed by atoms with Crippen molar-refractivity contribution in [2.24, 2.45) is 0 Å². The Kier molecular flexibility index (Phi) is 10.3. The van der Waals surface area contributed by atoms with E-state index in [1.807, 2.05) is 0 Å². The molecule has 3 unspecified atom stereocenters. The van der Waals surface area contributed by atoms with Crippen molar-refractivity contribution < 1.29 is 139 Å². The average Bonchev–Trinajstić information content (AvgIpc) is 2.96. The molecule has 400 valence electrons. The summed E-state index contributed by atoms with van der Waals surface area (Å²) >= 11 is 0. The van der Waals surface area contributed by atoms with Crippen molar-refractivity contribution in [1.29, 1.82) is 0 Å². The largest absolute Gasteiger partial charge is 0.504 e. The predicted molar refractivity (Wildman–Crippen MR) is 245 cm³/mol. The minimum atomic E-state index is -2.70. The molecule has 6 aromatic carbocycles. The Labute approximate surface area is 424 Å². The van der Waals surface area contributed by atoms with Crippen LogP contribution in [0.4, 0.5) is 0 Å². The summed E-state index contributed by atoms with van der Waals surface area (Å²) in [6, 6.07) is 1.42. The Bertz CT molecular complexity index is 4240. The van der Waals surface area contributed by atoms with Crippen LogP contribution in [-0.4, -0.2) is 148 Å². The molecule has 17 N–H and O–H groups in total. The van der Waals surface area contributed by atoms with E-state index in [9.17, 15) is 116 Å². The first kappa shape index (κ1) is 49.1. The summed E-state index contributed by atoms with van der Waals surface area (Å²) in [5.74, 6) is -31.1. The molecule has 11 rings (SSSR count). The molecule has 0 aliphatic carbocycles. The van der Waals surface area contributed by atoms with Gasteiger partial charge in [-0.05, 0) is 24.3 Å². The van der Waals surface area contributed by atoms with E-state index in [0.29, 0.717) is 24.3 Å². The number of aliphatic hydroxyl groups excluding tert-OH is 1. The lowest BCUT2D eigenvalue weighted by Gasteiger charge is -2.43. The zero-order valence-corrected chi connectivity index (χ0v) is 37.8. The summed E-state index contributed by atoms with van der Waals surface area (Å²) in [6.07, 6.45) is -12.9. The summed E-state index contributed by atoms with van der Waals surface area (Å²) in [5.41, 5.74) is -17.8. The molecule has 5 heterocycles. The number of fused-ring (bicyclic) bond motifs is 10. The van der Waals surface area contributed by atoms with Crippen LogP contribution >= 0.6 is 0 Å². The van der Waals surface area contributed by atoms with Crippen molar-refractivity contribution in [3.63, 3.8) is 0 Å². The monoisotopic (exact) mass is 1080 g/mol. The molecule has 0 saturated carbocycles. The summed E-state index contributed by atoms with van der Waals surface area (Å²) < 4.78 is 38.5. The molecule has 30 nitrogen and oxygen atoms in total. The Morgan fingerprint density at radius 3 is 1.03 bits per heavy atom. The fraction of sp³-hybridized carbons (Fsp3) is 0.125. The van der Waals surface area contributed by atoms with E-state index in [2.05, 4.69) is 0 Å². The van der Waals surface area contributed by atoms with Gasteiger partial charge < -0.3 is 119 Å². The smallest absolute Gasteiger partial charge is 0.345 e. The van der Waals surface area contributed by atoms with Gasteiger partial charge in [0.2, 0.25) is 34.5 Å². The Morgan fingerprint density at radius 2 is 0.654 bits per heavy atom. The highest BCUT2D eigenvalue weighted by Gasteiger charge is 2.54. The third-order valence-corrected chi connectivity index (χ3v) is 13.2. The van der Waals surface area contributed by atoms with Crippen LogP contribution in [0.2, 0.25) is 0 Å². The van der Waals surface area contributed by atoms with Gasteiger partial charge in [-0.15, -0.1) is 0 Å². The van der Waals surface area contributed by atoms with Crippen molar-refractivity contribution in [1.82, 2.24) is 0 Å². The normalized spacial score (nSPS) is 19.3. The molecule has 3 aliphatic rings. The van der Waals surface area contributed by atoms with Crippen LogP contribution in [0.25, 0.3) is 66.1 Å². The van der Waals surface area contributed by atoms with Crippen molar-refractivity contribution in [3.05, 3.63) is 67.4 Å². The summed E-state index contributed by atoms with van der Waals surface area (Å²) in [6.45, 7) is -1.46. The van der Waals surface area contributed by atoms with Gasteiger partial charge in [-0.3, -0.25) is 0 Å². The van der Waals surface area contributed by atoms with Gasteiger partial charge in [0, 0.05) is 44.2 Å². The summed E-state index contributed by atoms with van der Waals surface area (Å²) in [7, 11) is 0. The predicted octanol–water partition coefficient (Wildman–Crippen LogP) is 1.96. The van der Waals surface area contributed by atoms with E-state index < -0.39 is 253 Å². The number of rotatable bonds is 0. The van der Waals surface area contributed by atoms with Crippen LogP contribution in [0.5, 0.6) is 92.0 Å². The molecule has 3 aliphatic heterocycles. The fourth-order valence-corrected chi connectivity index (χ4v) is 9.72. The second-order valence-corrected chi connectivity index (χ2v) is 17.4. The highest BCUT2D eigenvalue weighted by atomic mass is 16.7. The van der Waals surface area contributed by atoms with Crippen LogP contribution in [0.15, 0.2) is 42.7 Å². The number of esters is 4. The first-order valence-corrected chi connectivity index (χ1v) is 21.7. The second-order valence-electron chi connectivity index (χ2n) is 17.4. The van der Waals surface area contributed by atoms with Gasteiger partial charge in [-0.1, -0.05) is 0 Å². The number of cyclic esters (lactones) is 1. The highest BCUT2D eigenvalue weighted by Crippen LogP contribution is 2.59. The quantitative estimate of drug-likeness (QED) is 0.0339. The number of carbonyl (C=O) groups is 4. The van der Waals surface area contributed by atoms with Crippen LogP contribution in [0.3, 0.4) is 0 Å². The van der Waals surface area contributed by atoms with Crippen LogP contribution in [0.1, 0.15) is 41.4 Å². The van der Waals surface area contributed by atoms with E-state index in [0.717, 1.165) is 0 Å². The molecule has 1 saturated heterocycles. The molecule has 2 aromatic heterocycles. The van der Waals surface area contributed by atoms with E-state index in [1.165, 1.54) is 0 Å². The van der Waals surface area contributed by atoms with E-state index in [4.69, 9.17) is 32.5 Å². The number of phenolic OH excluding ortho intramolecular Hbond substituents is 16. The molecule has 78 heavy (non-hydrogen) atoms. The molecule has 5 atom stereocenters. The molecule has 1 fully saturated rings. The SMILES string of the molecule is O=C1OC2C(O)OC3COC(=O)c4cc(O)c(O)c(O)c4-c4c(O)c(O)c5oc(=O)c6c(c(O)c(O)c7oc(=O)c4c5c76)-c4c(cc(O)c(O)c4O)C(=O)O[C@H]3[C@H]2OC(=O)c2cc(O)c(O)c(O)c2-c2c1cc(O)c(O)c2O. The number of aliphatic hydroxyl groups is 1. The third kappa shape index (κ3) is 6.49. The van der Waals surface area contributed by atoms with Gasteiger partial charge in [0.15, 0.2) is 93.3 Å². The van der Waals surface area contributed by atoms with Gasteiger partial charge in [-0.25, -0.2) is 28.8 Å². The lowest BCUT2D eigenvalue weighted by molar-refractivity contribution is -0.284. The average molecular weight is 1080 g/mol. The van der Waals surface area contributed by atoms with Crippen molar-refractivity contribution >= 4 is 56.6 Å². The maximum atomic E-state index is 15.0. The lowest BCUT2D eigenvalue weighted by atomic mass is 9.88. The number of aromatic hydroxyl groups is 16. The van der Waals surface area contributed by atoms with Gasteiger partial charge in [0.25, 0.3) is 0 Å². The Hall–Kier alpha value is -11.1. The number of phenols is 16. The van der Waals surface area contributed by atoms with Gasteiger partial charge >= 0.3 is 35.1 Å². The van der Waals surface area contributed by atoms with Crippen LogP contribution in [-0.2, 0) is 23.7 Å². The van der Waals surface area contributed by atoms with Crippen molar-refractivity contribution in [3.8, 4) is 125 Å². The Morgan fingerprint density at radius 1 is 0.346 bits per heavy atom. The maximum absolute atomic E-state index is 15.0. The van der Waals surface area contributed by atoms with E-state index >= 15 is 0 Å². The lowest BCUT2D eigenvalue weighted by Crippen LogP contribution is -2.62. The minimum Gasteiger partial charge on any atom is -0.504 e. The molecule has 0 radical (unpaired) electrons. The molecule has 30 heteroatoms. The molecule has 6 bridgehead atoms. The van der Waals surface area contributed by atoms with Crippen LogP contribution in [0, 0.1) is 0 Å². The number of hydrogen-bond acceptors (Lipinski definition) is 30. The van der Waals surface area contributed by atoms with E-state index in [1.54, 1.807) is 0 Å².